The number of carbonyl (C=O) groups excluding carboxylic acids is 1. The average molecular weight is 745 g/mol. The van der Waals surface area contributed by atoms with Gasteiger partial charge in [-0.15, -0.1) is 5.10 Å². The Morgan fingerprint density at radius 3 is 2.06 bits per heavy atom. The standard InChI is InChI=1S/C36H37ClN8O6S/c1-20-14-25(15-21(2)31(20)40-35-41-34(42-36(47)43-35)39-27-10-12-28(13-11-27)52(48,49)50)18-26-16-22(3)32(23(4)17-26)44-45-33(24(5)46)51-19-38-30-9-7-6-8-29(30)37/h6-17,38,44H,18-19H2,1-5H3,(H,48,49,50)(H3,39,40,41,42,43,47). The van der Waals surface area contributed by atoms with Crippen molar-refractivity contribution in [1.82, 2.24) is 15.0 Å². The number of hydrogen-bond acceptors (Lipinski definition) is 12. The molecule has 0 unspecified atom stereocenters. The lowest BCUT2D eigenvalue weighted by Gasteiger charge is -2.16. The number of benzene rings is 4. The number of aryl methyl sites for hydroxylation is 4. The van der Waals surface area contributed by atoms with Crippen LogP contribution in [0.3, 0.4) is 0 Å². The van der Waals surface area contributed by atoms with Gasteiger partial charge in [0.1, 0.15) is 0 Å². The Hall–Kier alpha value is -5.77. The summed E-state index contributed by atoms with van der Waals surface area (Å²) in [5.41, 5.74) is 10.8. The fraction of sp³-hybridized carbons (Fsp3) is 0.194. The van der Waals surface area contributed by atoms with Crippen LogP contribution in [0.2, 0.25) is 5.02 Å². The van der Waals surface area contributed by atoms with Gasteiger partial charge >= 0.3 is 5.69 Å². The summed E-state index contributed by atoms with van der Waals surface area (Å²) >= 11 is 6.17. The molecule has 0 radical (unpaired) electrons. The van der Waals surface area contributed by atoms with E-state index in [1.807, 2.05) is 52.0 Å². The van der Waals surface area contributed by atoms with Gasteiger partial charge in [0.15, 0.2) is 6.73 Å². The molecule has 0 saturated carbocycles. The molecule has 1 aromatic heterocycles. The van der Waals surface area contributed by atoms with Gasteiger partial charge in [-0.1, -0.05) is 48.0 Å². The number of halogens is 1. The molecule has 0 fully saturated rings. The molecular weight excluding hydrogens is 708 g/mol. The number of para-hydroxylation sites is 1. The summed E-state index contributed by atoms with van der Waals surface area (Å²) in [5.74, 6) is -0.267. The van der Waals surface area contributed by atoms with E-state index in [0.29, 0.717) is 22.8 Å². The van der Waals surface area contributed by atoms with Crippen molar-refractivity contribution in [3.63, 3.8) is 0 Å². The van der Waals surface area contributed by atoms with Crippen LogP contribution in [0.4, 0.5) is 34.6 Å². The molecule has 270 valence electrons. The van der Waals surface area contributed by atoms with E-state index in [-0.39, 0.29) is 35.2 Å². The number of aromatic nitrogens is 3. The summed E-state index contributed by atoms with van der Waals surface area (Å²) in [4.78, 5) is 35.1. The number of rotatable bonds is 13. The number of nitrogens with zero attached hydrogens (tertiary/aromatic N) is 3. The average Bonchev–Trinajstić information content (AvgIpc) is 3.05. The van der Waals surface area contributed by atoms with E-state index < -0.39 is 15.8 Å². The van der Waals surface area contributed by atoms with Gasteiger partial charge in [-0.2, -0.15) is 18.4 Å². The molecule has 4 aromatic carbocycles. The number of carbonyl (C=O) groups is 1. The predicted octanol–water partition coefficient (Wildman–Crippen LogP) is 6.78. The SMILES string of the molecule is CC(=O)C(=NNc1c(C)cc(Cc2cc(C)c(Nc3nc(Nc4ccc(S(=O)(=O)O)cc4)[nH]c(=O)n3)c(C)c2)cc1C)OCNc1ccccc1Cl. The third-order valence-corrected chi connectivity index (χ3v) is 9.01. The Morgan fingerprint density at radius 1 is 0.885 bits per heavy atom. The molecule has 0 atom stereocenters. The molecule has 0 amide bonds. The first kappa shape index (κ1) is 37.5. The summed E-state index contributed by atoms with van der Waals surface area (Å²) < 4.78 is 37.5. The minimum absolute atomic E-state index is 0.00168. The Labute approximate surface area is 305 Å². The Morgan fingerprint density at radius 2 is 1.48 bits per heavy atom. The van der Waals surface area contributed by atoms with Crippen molar-refractivity contribution in [3.8, 4) is 0 Å². The molecule has 0 aliphatic heterocycles. The van der Waals surface area contributed by atoms with Crippen LogP contribution in [0.25, 0.3) is 0 Å². The van der Waals surface area contributed by atoms with Crippen molar-refractivity contribution in [3.05, 3.63) is 122 Å². The second-order valence-electron chi connectivity index (χ2n) is 12.0. The zero-order valence-corrected chi connectivity index (χ0v) is 30.5. The predicted molar refractivity (Wildman–Crippen MR) is 203 cm³/mol. The van der Waals surface area contributed by atoms with Gasteiger partial charge in [0.25, 0.3) is 16.0 Å². The molecule has 0 saturated heterocycles. The van der Waals surface area contributed by atoms with Crippen LogP contribution in [-0.2, 0) is 26.1 Å². The highest BCUT2D eigenvalue weighted by molar-refractivity contribution is 7.85. The number of ether oxygens (including phenoxy) is 1. The Kier molecular flexibility index (Phi) is 11.6. The number of nitrogens with one attached hydrogen (secondary N) is 5. The second-order valence-corrected chi connectivity index (χ2v) is 13.8. The van der Waals surface area contributed by atoms with E-state index >= 15 is 0 Å². The molecule has 5 rings (SSSR count). The van der Waals surface area contributed by atoms with Crippen LogP contribution >= 0.6 is 11.6 Å². The van der Waals surface area contributed by atoms with Gasteiger partial charge in [-0.25, -0.2) is 4.79 Å². The number of ketones is 1. The molecule has 0 aliphatic carbocycles. The van der Waals surface area contributed by atoms with E-state index in [1.54, 1.807) is 12.1 Å². The summed E-state index contributed by atoms with van der Waals surface area (Å²) in [5, 5.41) is 13.9. The first-order valence-corrected chi connectivity index (χ1v) is 17.7. The summed E-state index contributed by atoms with van der Waals surface area (Å²) in [6.07, 6.45) is 0.647. The fourth-order valence-electron chi connectivity index (χ4n) is 5.48. The quantitative estimate of drug-likeness (QED) is 0.0243. The van der Waals surface area contributed by atoms with Crippen LogP contribution < -0.4 is 27.1 Å². The molecule has 16 heteroatoms. The highest BCUT2D eigenvalue weighted by Crippen LogP contribution is 2.29. The minimum Gasteiger partial charge on any atom is -0.453 e. The number of hydrazone groups is 1. The van der Waals surface area contributed by atoms with Gasteiger partial charge in [0.2, 0.25) is 17.7 Å². The van der Waals surface area contributed by atoms with Crippen LogP contribution in [0, 0.1) is 27.7 Å². The highest BCUT2D eigenvalue weighted by Gasteiger charge is 2.14. The fourth-order valence-corrected chi connectivity index (χ4v) is 6.17. The van der Waals surface area contributed by atoms with Crippen LogP contribution in [0.1, 0.15) is 40.3 Å². The topological polar surface area (TPSA) is 200 Å². The zero-order chi connectivity index (χ0) is 37.6. The van der Waals surface area contributed by atoms with Crippen molar-refractivity contribution in [1.29, 1.82) is 0 Å². The van der Waals surface area contributed by atoms with Crippen molar-refractivity contribution < 1.29 is 22.5 Å². The maximum atomic E-state index is 12.4. The molecular formula is C36H37ClN8O6S. The summed E-state index contributed by atoms with van der Waals surface area (Å²) in [6, 6.07) is 20.7. The third kappa shape index (κ3) is 9.72. The summed E-state index contributed by atoms with van der Waals surface area (Å²) in [7, 11) is -4.34. The van der Waals surface area contributed by atoms with Gasteiger partial charge < -0.3 is 20.7 Å². The zero-order valence-electron chi connectivity index (χ0n) is 29.0. The van der Waals surface area contributed by atoms with Gasteiger partial charge in [-0.3, -0.25) is 19.8 Å². The highest BCUT2D eigenvalue weighted by atomic mass is 35.5. The number of Topliss-reactive ketones (excluding diaryl/α,β-unsaturated/α-hetero) is 1. The molecule has 52 heavy (non-hydrogen) atoms. The molecule has 6 N–H and O–H groups in total. The van der Waals surface area contributed by atoms with Crippen molar-refractivity contribution in [2.75, 3.05) is 28.1 Å². The van der Waals surface area contributed by atoms with Crippen LogP contribution in [0.15, 0.2) is 87.6 Å². The first-order chi connectivity index (χ1) is 24.7. The van der Waals surface area contributed by atoms with Crippen molar-refractivity contribution >= 4 is 68.0 Å². The number of H-pyrrole nitrogens is 1. The van der Waals surface area contributed by atoms with E-state index in [4.69, 9.17) is 16.3 Å². The van der Waals surface area contributed by atoms with E-state index in [1.165, 1.54) is 31.2 Å². The monoisotopic (exact) mass is 744 g/mol. The lowest BCUT2D eigenvalue weighted by atomic mass is 9.96. The first-order valence-electron chi connectivity index (χ1n) is 15.9. The minimum atomic E-state index is -4.34. The smallest absolute Gasteiger partial charge is 0.351 e. The maximum absolute atomic E-state index is 12.4. The summed E-state index contributed by atoms with van der Waals surface area (Å²) in [6.45, 7) is 9.20. The molecule has 5 aromatic rings. The van der Waals surface area contributed by atoms with Crippen molar-refractivity contribution in [2.24, 2.45) is 5.10 Å². The molecule has 0 spiro atoms. The Balaban J connectivity index is 1.25. The maximum Gasteiger partial charge on any atom is 0.351 e. The number of anilines is 6. The second kappa shape index (κ2) is 16.1. The van der Waals surface area contributed by atoms with Gasteiger partial charge in [-0.05, 0) is 104 Å². The molecule has 0 aliphatic rings. The van der Waals surface area contributed by atoms with Gasteiger partial charge in [0.05, 0.1) is 21.3 Å². The van der Waals surface area contributed by atoms with Crippen LogP contribution in [-0.4, -0.2) is 46.3 Å². The van der Waals surface area contributed by atoms with Crippen LogP contribution in [0.5, 0.6) is 0 Å². The van der Waals surface area contributed by atoms with Crippen molar-refractivity contribution in [2.45, 2.75) is 45.9 Å². The Bertz CT molecular complexity index is 2280. The molecule has 0 bridgehead atoms. The van der Waals surface area contributed by atoms with E-state index in [0.717, 1.165) is 44.8 Å². The molecule has 1 heterocycles. The molecule has 14 nitrogen and oxygen atoms in total. The number of aromatic amines is 1. The van der Waals surface area contributed by atoms with E-state index in [2.05, 4.69) is 53.6 Å². The normalized spacial score (nSPS) is 11.6. The van der Waals surface area contributed by atoms with Gasteiger partial charge in [0, 0.05) is 18.3 Å². The lowest BCUT2D eigenvalue weighted by Crippen LogP contribution is -2.20. The number of hydrogen-bond donors (Lipinski definition) is 6. The lowest BCUT2D eigenvalue weighted by molar-refractivity contribution is -0.112. The third-order valence-electron chi connectivity index (χ3n) is 7.81. The van der Waals surface area contributed by atoms with E-state index in [9.17, 15) is 22.6 Å². The largest absolute Gasteiger partial charge is 0.453 e.